The van der Waals surface area contributed by atoms with E-state index in [2.05, 4.69) is 78.5 Å². The molecule has 0 aliphatic carbocycles. The molecule has 2 aliphatic heterocycles. The second kappa shape index (κ2) is 12.8. The van der Waals surface area contributed by atoms with Gasteiger partial charge in [-0.25, -0.2) is 19.0 Å². The summed E-state index contributed by atoms with van der Waals surface area (Å²) in [7, 11) is -1.96. The molecule has 0 radical (unpaired) electrons. The van der Waals surface area contributed by atoms with Crippen LogP contribution in [-0.2, 0) is 16.4 Å². The number of fused-ring (bicyclic) bond motifs is 1. The first kappa shape index (κ1) is 32.4. The summed E-state index contributed by atoms with van der Waals surface area (Å²) in [5.74, 6) is 1.55. The molecule has 2 N–H and O–H groups in total. The summed E-state index contributed by atoms with van der Waals surface area (Å²) in [5, 5.41) is 21.9. The van der Waals surface area contributed by atoms with Crippen molar-refractivity contribution in [2.75, 3.05) is 50.1 Å². The van der Waals surface area contributed by atoms with Gasteiger partial charge in [0.1, 0.15) is 18.6 Å². The molecule has 1 saturated heterocycles. The van der Waals surface area contributed by atoms with Gasteiger partial charge in [0.15, 0.2) is 13.5 Å². The molecule has 0 saturated carbocycles. The van der Waals surface area contributed by atoms with Crippen molar-refractivity contribution in [3.8, 4) is 17.3 Å². The van der Waals surface area contributed by atoms with Gasteiger partial charge in [0, 0.05) is 49.5 Å². The molecule has 2 aromatic heterocycles. The first-order valence-corrected chi connectivity index (χ1v) is 18.7. The Labute approximate surface area is 266 Å². The van der Waals surface area contributed by atoms with Crippen molar-refractivity contribution in [2.45, 2.75) is 70.6 Å². The lowest BCUT2D eigenvalue weighted by atomic mass is 9.83. The molecular weight excluding hydrogens is 595 g/mol. The fraction of sp³-hybridized carbons (Fsp3) is 0.562. The van der Waals surface area contributed by atoms with Crippen molar-refractivity contribution < 1.29 is 8.82 Å². The topological polar surface area (TPSA) is 104 Å². The van der Waals surface area contributed by atoms with E-state index in [1.807, 2.05) is 16.8 Å². The average molecular weight is 639 g/mol. The van der Waals surface area contributed by atoms with E-state index in [1.165, 1.54) is 0 Å². The summed E-state index contributed by atoms with van der Waals surface area (Å²) in [5.41, 5.74) is 3.80. The Kier molecular flexibility index (Phi) is 9.38. The standard InChI is InChI=1S/C32H44ClFN8OSi/c1-31(2,3)44(5,6)43-21-32(4)20-37-29-24(18-35)15-23(16-25(29)32)26-7-11-36-30(38-26)39-28-17-27(33)40-42(28)19-22-8-12-41(13-9-22)14-10-34/h7,11,15-17,22,37H,8-10,12-14,19-21H2,1-6H3,(H,36,38,39)/t32-/m1/s1. The number of likely N-dealkylation sites (tertiary alicyclic amines) is 1. The van der Waals surface area contributed by atoms with Crippen LogP contribution in [0.4, 0.5) is 21.8 Å². The van der Waals surface area contributed by atoms with Crippen molar-refractivity contribution in [1.82, 2.24) is 24.6 Å². The van der Waals surface area contributed by atoms with Crippen molar-refractivity contribution in [3.05, 3.63) is 46.7 Å². The summed E-state index contributed by atoms with van der Waals surface area (Å²) >= 11 is 6.33. The third-order valence-electron chi connectivity index (χ3n) is 9.60. The number of piperidine rings is 1. The third-order valence-corrected chi connectivity index (χ3v) is 14.3. The van der Waals surface area contributed by atoms with Gasteiger partial charge in [-0.05, 0) is 73.7 Å². The number of nitrogens with zero attached hydrogens (tertiary/aromatic N) is 6. The number of anilines is 3. The molecule has 9 nitrogen and oxygen atoms in total. The number of hydrogen-bond acceptors (Lipinski definition) is 8. The third kappa shape index (κ3) is 6.94. The summed E-state index contributed by atoms with van der Waals surface area (Å²) in [6, 6.07) is 10.0. The quantitative estimate of drug-likeness (QED) is 0.229. The van der Waals surface area contributed by atoms with Crippen molar-refractivity contribution in [3.63, 3.8) is 0 Å². The Hall–Kier alpha value is -3.04. The Balaban J connectivity index is 1.36. The lowest BCUT2D eigenvalue weighted by Gasteiger charge is -2.39. The minimum atomic E-state index is -1.96. The molecule has 44 heavy (non-hydrogen) atoms. The van der Waals surface area contributed by atoms with Crippen molar-refractivity contribution >= 4 is 37.4 Å². The zero-order valence-corrected chi connectivity index (χ0v) is 28.4. The molecule has 0 spiro atoms. The second-order valence-corrected chi connectivity index (χ2v) is 19.1. The van der Waals surface area contributed by atoms with Gasteiger partial charge in [-0.2, -0.15) is 10.4 Å². The van der Waals surface area contributed by atoms with Gasteiger partial charge in [-0.1, -0.05) is 39.3 Å². The molecular formula is C32H44ClFN8OSi. The Bertz CT molecular complexity index is 1530. The van der Waals surface area contributed by atoms with Crippen LogP contribution in [0, 0.1) is 17.2 Å². The summed E-state index contributed by atoms with van der Waals surface area (Å²) in [6.07, 6.45) is 3.68. The molecule has 1 aromatic carbocycles. The zero-order valence-electron chi connectivity index (χ0n) is 26.7. The maximum absolute atomic E-state index is 12.7. The maximum atomic E-state index is 12.7. The fourth-order valence-corrected chi connectivity index (χ4v) is 6.99. The lowest BCUT2D eigenvalue weighted by molar-refractivity contribution is 0.161. The molecule has 1 fully saturated rings. The number of aromatic nitrogens is 4. The van der Waals surface area contributed by atoms with Crippen LogP contribution in [-0.4, -0.2) is 72.4 Å². The molecule has 4 heterocycles. The minimum absolute atomic E-state index is 0.107. The normalized spacial score (nSPS) is 19.4. The first-order valence-electron chi connectivity index (χ1n) is 15.4. The minimum Gasteiger partial charge on any atom is -0.416 e. The van der Waals surface area contributed by atoms with Gasteiger partial charge in [0.25, 0.3) is 0 Å². The van der Waals surface area contributed by atoms with Gasteiger partial charge in [-0.3, -0.25) is 0 Å². The largest absolute Gasteiger partial charge is 0.416 e. The molecule has 2 aliphatic rings. The second-order valence-electron chi connectivity index (χ2n) is 13.9. The van der Waals surface area contributed by atoms with E-state index in [-0.39, 0.29) is 17.1 Å². The van der Waals surface area contributed by atoms with Gasteiger partial charge in [0.2, 0.25) is 5.95 Å². The number of benzene rings is 1. The average Bonchev–Trinajstić information content (AvgIpc) is 3.50. The van der Waals surface area contributed by atoms with Crippen LogP contribution in [0.15, 0.2) is 30.5 Å². The van der Waals surface area contributed by atoms with Crippen LogP contribution >= 0.6 is 11.6 Å². The fourth-order valence-electron chi connectivity index (χ4n) is 5.68. The molecule has 0 amide bonds. The smallest absolute Gasteiger partial charge is 0.228 e. The number of rotatable bonds is 10. The van der Waals surface area contributed by atoms with Gasteiger partial charge in [-0.15, -0.1) is 0 Å². The molecule has 5 rings (SSSR count). The zero-order chi connectivity index (χ0) is 31.7. The SMILES string of the molecule is CC(C)(C)[Si](C)(C)OC[C@@]1(C)CNc2c(C#N)cc(-c3ccnc(Nc4cc(Cl)nn4CC4CCN(CCF)CC4)n3)cc21. The monoisotopic (exact) mass is 638 g/mol. The predicted octanol–water partition coefficient (Wildman–Crippen LogP) is 7.00. The molecule has 0 bridgehead atoms. The highest BCUT2D eigenvalue weighted by molar-refractivity contribution is 6.74. The molecule has 0 unspecified atom stereocenters. The van der Waals surface area contributed by atoms with Crippen LogP contribution in [0.3, 0.4) is 0 Å². The molecule has 3 aromatic rings. The van der Waals surface area contributed by atoms with Crippen LogP contribution in [0.2, 0.25) is 23.3 Å². The first-order chi connectivity index (χ1) is 20.8. The summed E-state index contributed by atoms with van der Waals surface area (Å²) in [6.45, 7) is 17.4. The Morgan fingerprint density at radius 3 is 2.68 bits per heavy atom. The molecule has 236 valence electrons. The van der Waals surface area contributed by atoms with E-state index in [0.29, 0.717) is 60.3 Å². The Morgan fingerprint density at radius 1 is 1.25 bits per heavy atom. The van der Waals surface area contributed by atoms with Crippen LogP contribution < -0.4 is 10.6 Å². The highest BCUT2D eigenvalue weighted by Gasteiger charge is 2.42. The van der Waals surface area contributed by atoms with Gasteiger partial charge < -0.3 is 20.0 Å². The Morgan fingerprint density at radius 2 is 2.00 bits per heavy atom. The highest BCUT2D eigenvalue weighted by Crippen LogP contribution is 2.44. The van der Waals surface area contributed by atoms with Gasteiger partial charge in [0.05, 0.1) is 16.9 Å². The van der Waals surface area contributed by atoms with Crippen molar-refractivity contribution in [2.24, 2.45) is 5.92 Å². The van der Waals surface area contributed by atoms with E-state index in [0.717, 1.165) is 42.7 Å². The van der Waals surface area contributed by atoms with E-state index in [9.17, 15) is 9.65 Å². The van der Waals surface area contributed by atoms with E-state index >= 15 is 0 Å². The van der Waals surface area contributed by atoms with Crippen LogP contribution in [0.5, 0.6) is 0 Å². The highest BCUT2D eigenvalue weighted by atomic mass is 35.5. The number of halogens is 2. The summed E-state index contributed by atoms with van der Waals surface area (Å²) in [4.78, 5) is 11.5. The van der Waals surface area contributed by atoms with Crippen molar-refractivity contribution in [1.29, 1.82) is 5.26 Å². The number of nitriles is 1. The summed E-state index contributed by atoms with van der Waals surface area (Å²) < 4.78 is 21.3. The molecule has 12 heteroatoms. The van der Waals surface area contributed by atoms with E-state index in [4.69, 9.17) is 21.0 Å². The van der Waals surface area contributed by atoms with Crippen LogP contribution in [0.1, 0.15) is 51.7 Å². The number of hydrogen-bond donors (Lipinski definition) is 2. The van der Waals surface area contributed by atoms with E-state index in [1.54, 1.807) is 12.3 Å². The van der Waals surface area contributed by atoms with E-state index < -0.39 is 8.32 Å². The maximum Gasteiger partial charge on any atom is 0.228 e. The predicted molar refractivity (Wildman–Crippen MR) is 177 cm³/mol. The molecule has 1 atom stereocenters. The van der Waals surface area contributed by atoms with Gasteiger partial charge >= 0.3 is 0 Å². The number of nitrogens with one attached hydrogen (secondary N) is 2. The van der Waals surface area contributed by atoms with Crippen LogP contribution in [0.25, 0.3) is 11.3 Å². The lowest BCUT2D eigenvalue weighted by Crippen LogP contribution is -2.45. The number of alkyl halides is 1.